The molecule has 0 heterocycles. The number of nitrogens with zero attached hydrogens (tertiary/aromatic N) is 1. The molecule has 27 heavy (non-hydrogen) atoms. The van der Waals surface area contributed by atoms with Crippen LogP contribution in [0.15, 0.2) is 18.2 Å². The standard InChI is InChI=1S/C17H15Cl3N2O5/c1-8-14(18)9(2)16(20)17(15(8)19)27-7-13(23)21-10-4-5-12(26-3)11(6-10)22(24)25/h4-6H,7H2,1-3H3,(H,21,23). The lowest BCUT2D eigenvalue weighted by Crippen LogP contribution is -2.20. The highest BCUT2D eigenvalue weighted by Gasteiger charge is 2.19. The Morgan fingerprint density at radius 1 is 1.15 bits per heavy atom. The maximum atomic E-state index is 12.1. The van der Waals surface area contributed by atoms with Crippen molar-refractivity contribution in [1.29, 1.82) is 0 Å². The Morgan fingerprint density at radius 3 is 2.26 bits per heavy atom. The van der Waals surface area contributed by atoms with Gasteiger partial charge in [-0.2, -0.15) is 0 Å². The molecule has 0 unspecified atom stereocenters. The van der Waals surface area contributed by atoms with Crippen LogP contribution in [-0.4, -0.2) is 24.5 Å². The molecule has 0 saturated carbocycles. The second-order valence-corrected chi connectivity index (χ2v) is 6.64. The second-order valence-electron chi connectivity index (χ2n) is 5.50. The van der Waals surface area contributed by atoms with Crippen LogP contribution in [0.4, 0.5) is 11.4 Å². The average molecular weight is 434 g/mol. The number of methoxy groups -OCH3 is 1. The molecule has 0 aliphatic heterocycles. The third kappa shape index (κ3) is 4.55. The van der Waals surface area contributed by atoms with E-state index in [1.807, 2.05) is 0 Å². The predicted octanol–water partition coefficient (Wildman–Crippen LogP) is 5.20. The summed E-state index contributed by atoms with van der Waals surface area (Å²) in [5.41, 5.74) is 1.12. The summed E-state index contributed by atoms with van der Waals surface area (Å²) >= 11 is 18.5. The van der Waals surface area contributed by atoms with Gasteiger partial charge in [0.1, 0.15) is 0 Å². The summed E-state index contributed by atoms with van der Waals surface area (Å²) in [4.78, 5) is 22.6. The first-order valence-corrected chi connectivity index (χ1v) is 8.69. The molecule has 2 aromatic rings. The fraction of sp³-hybridized carbons (Fsp3) is 0.235. The summed E-state index contributed by atoms with van der Waals surface area (Å²) in [6.45, 7) is 3.01. The molecule has 7 nitrogen and oxygen atoms in total. The fourth-order valence-corrected chi connectivity index (χ4v) is 3.10. The van der Waals surface area contributed by atoms with Crippen LogP contribution < -0.4 is 14.8 Å². The molecule has 2 rings (SSSR count). The molecule has 10 heteroatoms. The van der Waals surface area contributed by atoms with Crippen molar-refractivity contribution in [3.8, 4) is 11.5 Å². The quantitative estimate of drug-likeness (QED) is 0.499. The third-order valence-electron chi connectivity index (χ3n) is 3.72. The summed E-state index contributed by atoms with van der Waals surface area (Å²) in [6, 6.07) is 4.04. The molecule has 0 radical (unpaired) electrons. The minimum atomic E-state index is -0.607. The van der Waals surface area contributed by atoms with Gasteiger partial charge >= 0.3 is 5.69 Å². The summed E-state index contributed by atoms with van der Waals surface area (Å²) in [5, 5.41) is 14.4. The lowest BCUT2D eigenvalue weighted by molar-refractivity contribution is -0.385. The van der Waals surface area contributed by atoms with Crippen LogP contribution in [-0.2, 0) is 4.79 Å². The van der Waals surface area contributed by atoms with Crippen molar-refractivity contribution in [3.63, 3.8) is 0 Å². The fourth-order valence-electron chi connectivity index (χ4n) is 2.28. The largest absolute Gasteiger partial charge is 0.490 e. The predicted molar refractivity (Wildman–Crippen MR) is 105 cm³/mol. The zero-order valence-corrected chi connectivity index (χ0v) is 16.8. The van der Waals surface area contributed by atoms with Crippen LogP contribution in [0.2, 0.25) is 15.1 Å². The number of benzene rings is 2. The Bertz CT molecular complexity index is 889. The van der Waals surface area contributed by atoms with Gasteiger partial charge in [-0.3, -0.25) is 14.9 Å². The Labute approximate surface area is 170 Å². The molecule has 144 valence electrons. The number of carbonyl (C=O) groups excluding carboxylic acids is 1. The highest BCUT2D eigenvalue weighted by Crippen LogP contribution is 2.42. The van der Waals surface area contributed by atoms with E-state index in [0.717, 1.165) is 0 Å². The smallest absolute Gasteiger partial charge is 0.312 e. The Kier molecular flexibility index (Phi) is 6.75. The lowest BCUT2D eigenvalue weighted by atomic mass is 10.1. The Morgan fingerprint density at radius 2 is 1.74 bits per heavy atom. The number of amides is 1. The van der Waals surface area contributed by atoms with E-state index in [-0.39, 0.29) is 32.9 Å². The van der Waals surface area contributed by atoms with Gasteiger partial charge in [0.05, 0.1) is 22.1 Å². The molecule has 0 spiro atoms. The van der Waals surface area contributed by atoms with Crippen LogP contribution in [0.1, 0.15) is 11.1 Å². The van der Waals surface area contributed by atoms with Gasteiger partial charge in [-0.05, 0) is 37.1 Å². The van der Waals surface area contributed by atoms with Crippen LogP contribution in [0.5, 0.6) is 11.5 Å². The van der Waals surface area contributed by atoms with Crippen molar-refractivity contribution in [2.45, 2.75) is 13.8 Å². The first-order chi connectivity index (χ1) is 12.7. The van der Waals surface area contributed by atoms with Gasteiger partial charge in [0.25, 0.3) is 5.91 Å². The number of hydrogen-bond donors (Lipinski definition) is 1. The summed E-state index contributed by atoms with van der Waals surface area (Å²) in [5.74, 6) is -0.319. The molecule has 0 saturated heterocycles. The van der Waals surface area contributed by atoms with Crippen molar-refractivity contribution in [2.24, 2.45) is 0 Å². The van der Waals surface area contributed by atoms with Crippen molar-refractivity contribution in [1.82, 2.24) is 0 Å². The minimum Gasteiger partial charge on any atom is -0.490 e. The van der Waals surface area contributed by atoms with E-state index in [1.165, 1.54) is 25.3 Å². The number of carbonyl (C=O) groups is 1. The van der Waals surface area contributed by atoms with E-state index < -0.39 is 17.4 Å². The van der Waals surface area contributed by atoms with Crippen LogP contribution in [0.25, 0.3) is 0 Å². The van der Waals surface area contributed by atoms with Gasteiger partial charge < -0.3 is 14.8 Å². The van der Waals surface area contributed by atoms with E-state index in [4.69, 9.17) is 44.3 Å². The SMILES string of the molecule is COc1ccc(NC(=O)COc2c(Cl)c(C)c(Cl)c(C)c2Cl)cc1[N+](=O)[O-]. The number of nitro benzene ring substituents is 1. The van der Waals surface area contributed by atoms with Gasteiger partial charge in [-0.25, -0.2) is 0 Å². The van der Waals surface area contributed by atoms with Crippen molar-refractivity contribution < 1.29 is 19.2 Å². The van der Waals surface area contributed by atoms with E-state index in [1.54, 1.807) is 13.8 Å². The van der Waals surface area contributed by atoms with Gasteiger partial charge in [0.15, 0.2) is 18.1 Å². The van der Waals surface area contributed by atoms with Crippen molar-refractivity contribution in [3.05, 3.63) is 54.5 Å². The maximum Gasteiger partial charge on any atom is 0.312 e. The highest BCUT2D eigenvalue weighted by atomic mass is 35.5. The van der Waals surface area contributed by atoms with Crippen LogP contribution >= 0.6 is 34.8 Å². The summed E-state index contributed by atoms with van der Waals surface area (Å²) in [6.07, 6.45) is 0. The zero-order valence-electron chi connectivity index (χ0n) is 14.6. The topological polar surface area (TPSA) is 90.7 Å². The normalized spacial score (nSPS) is 10.4. The average Bonchev–Trinajstić information content (AvgIpc) is 2.64. The van der Waals surface area contributed by atoms with Crippen LogP contribution in [0, 0.1) is 24.0 Å². The molecule has 0 atom stereocenters. The number of nitro groups is 1. The number of anilines is 1. The molecule has 1 N–H and O–H groups in total. The van der Waals surface area contributed by atoms with Crippen molar-refractivity contribution >= 4 is 52.1 Å². The van der Waals surface area contributed by atoms with E-state index in [2.05, 4.69) is 5.32 Å². The summed E-state index contributed by atoms with van der Waals surface area (Å²) < 4.78 is 10.4. The number of ether oxygens (including phenoxy) is 2. The highest BCUT2D eigenvalue weighted by molar-refractivity contribution is 6.42. The van der Waals surface area contributed by atoms with Gasteiger partial charge in [0.2, 0.25) is 0 Å². The molecule has 0 aliphatic carbocycles. The molecule has 1 amide bonds. The van der Waals surface area contributed by atoms with Crippen molar-refractivity contribution in [2.75, 3.05) is 19.0 Å². The zero-order chi connectivity index (χ0) is 20.3. The van der Waals surface area contributed by atoms with Gasteiger partial charge in [-0.15, -0.1) is 0 Å². The molecule has 0 fully saturated rings. The van der Waals surface area contributed by atoms with E-state index in [9.17, 15) is 14.9 Å². The number of hydrogen-bond acceptors (Lipinski definition) is 5. The Balaban J connectivity index is 2.14. The second kappa shape index (κ2) is 8.65. The molecule has 0 aromatic heterocycles. The molecule has 0 aliphatic rings. The first kappa shape index (κ1) is 21.1. The van der Waals surface area contributed by atoms with Gasteiger partial charge in [0, 0.05) is 16.8 Å². The Hall–Kier alpha value is -2.22. The van der Waals surface area contributed by atoms with Crippen LogP contribution in [0.3, 0.4) is 0 Å². The number of halogens is 3. The molecular formula is C17H15Cl3N2O5. The molecule has 2 aromatic carbocycles. The third-order valence-corrected chi connectivity index (χ3v) is 5.20. The lowest BCUT2D eigenvalue weighted by Gasteiger charge is -2.15. The molecule has 0 bridgehead atoms. The maximum absolute atomic E-state index is 12.1. The summed E-state index contributed by atoms with van der Waals surface area (Å²) in [7, 11) is 1.32. The monoisotopic (exact) mass is 432 g/mol. The minimum absolute atomic E-state index is 0.0833. The van der Waals surface area contributed by atoms with Gasteiger partial charge in [-0.1, -0.05) is 34.8 Å². The number of nitrogens with one attached hydrogen (secondary N) is 1. The van der Waals surface area contributed by atoms with E-state index in [0.29, 0.717) is 16.1 Å². The number of rotatable bonds is 6. The van der Waals surface area contributed by atoms with E-state index >= 15 is 0 Å². The first-order valence-electron chi connectivity index (χ1n) is 7.56. The molecular weight excluding hydrogens is 419 g/mol.